The highest BCUT2D eigenvalue weighted by Gasteiger charge is 2.16. The van der Waals surface area contributed by atoms with Crippen molar-refractivity contribution in [2.75, 3.05) is 30.8 Å². The zero-order valence-corrected chi connectivity index (χ0v) is 20.9. The van der Waals surface area contributed by atoms with E-state index in [1.54, 1.807) is 24.3 Å². The smallest absolute Gasteiger partial charge is 0.235 e. The lowest BCUT2D eigenvalue weighted by Gasteiger charge is -2.20. The van der Waals surface area contributed by atoms with E-state index < -0.39 is 5.43 Å². The first-order chi connectivity index (χ1) is 16.5. The molecule has 8 heteroatoms. The first-order valence-corrected chi connectivity index (χ1v) is 14.0. The molecule has 4 rings (SSSR count). The van der Waals surface area contributed by atoms with E-state index >= 15 is 0 Å². The van der Waals surface area contributed by atoms with Gasteiger partial charge >= 0.3 is 0 Å². The van der Waals surface area contributed by atoms with Crippen molar-refractivity contribution in [3.8, 4) is 17.1 Å². The maximum absolute atomic E-state index is 12.5. The van der Waals surface area contributed by atoms with Crippen LogP contribution in [0.1, 0.15) is 32.1 Å². The number of rotatable bonds is 10. The van der Waals surface area contributed by atoms with Gasteiger partial charge < -0.3 is 19.7 Å². The Morgan fingerprint density at radius 3 is 2.74 bits per heavy atom. The third-order valence-electron chi connectivity index (χ3n) is 6.02. The number of para-hydroxylation sites is 1. The zero-order valence-electron chi connectivity index (χ0n) is 19.3. The highest BCUT2D eigenvalue weighted by Crippen LogP contribution is 2.39. The molecule has 3 aromatic rings. The molecule has 1 aliphatic heterocycles. The van der Waals surface area contributed by atoms with Crippen molar-refractivity contribution in [2.24, 2.45) is 0 Å². The number of likely N-dealkylation sites (N-methyl/N-ethyl adjacent to an activating group) is 1. The first-order valence-electron chi connectivity index (χ1n) is 11.6. The number of nitrogens with one attached hydrogen (secondary N) is 1. The molecule has 2 heterocycles. The minimum absolute atomic E-state index is 0.110. The van der Waals surface area contributed by atoms with Crippen LogP contribution in [0.15, 0.2) is 57.7 Å². The largest absolute Gasteiger partial charge is 0.502 e. The van der Waals surface area contributed by atoms with Gasteiger partial charge in [-0.05, 0) is 55.7 Å². The number of amides is 1. The van der Waals surface area contributed by atoms with E-state index in [0.717, 1.165) is 23.8 Å². The topological polar surface area (TPSA) is 82.8 Å². The summed E-state index contributed by atoms with van der Waals surface area (Å²) in [6.45, 7) is 1.25. The molecule has 1 fully saturated rings. The molecule has 1 aromatic heterocycles. The van der Waals surface area contributed by atoms with E-state index in [9.17, 15) is 14.7 Å². The van der Waals surface area contributed by atoms with E-state index in [1.807, 2.05) is 52.9 Å². The predicted molar refractivity (Wildman–Crippen MR) is 143 cm³/mol. The molecule has 0 spiro atoms. The van der Waals surface area contributed by atoms with Gasteiger partial charge in [-0.15, -0.1) is 0 Å². The number of unbranched alkanes of at least 4 members (excludes halogenated alkanes) is 1. The molecule has 1 atom stereocenters. The van der Waals surface area contributed by atoms with E-state index in [1.165, 1.54) is 18.6 Å². The summed E-state index contributed by atoms with van der Waals surface area (Å²) in [5.74, 6) is 1.15. The Labute approximate surface area is 207 Å². The van der Waals surface area contributed by atoms with Crippen LogP contribution in [-0.4, -0.2) is 42.2 Å². The second-order valence-corrected chi connectivity index (χ2v) is 11.3. The first kappa shape index (κ1) is 24.5. The molecular weight excluding hydrogens is 468 g/mol. The molecular formula is C26H30N2O4S2. The van der Waals surface area contributed by atoms with Crippen LogP contribution in [0.5, 0.6) is 5.75 Å². The fourth-order valence-corrected chi connectivity index (χ4v) is 7.03. The van der Waals surface area contributed by atoms with E-state index in [-0.39, 0.29) is 17.4 Å². The number of hydrogen-bond donors (Lipinski definition) is 2. The van der Waals surface area contributed by atoms with Crippen molar-refractivity contribution in [2.45, 2.75) is 37.4 Å². The number of carbonyl (C=O) groups is 1. The maximum atomic E-state index is 12.5. The van der Waals surface area contributed by atoms with E-state index in [4.69, 9.17) is 4.42 Å². The molecule has 1 amide bonds. The van der Waals surface area contributed by atoms with Crippen LogP contribution in [0, 0.1) is 0 Å². The average Bonchev–Trinajstić information content (AvgIpc) is 3.38. The van der Waals surface area contributed by atoms with E-state index in [0.29, 0.717) is 36.0 Å². The van der Waals surface area contributed by atoms with Crippen molar-refractivity contribution in [1.82, 2.24) is 5.32 Å². The standard InChI is InChI=1S/C26H30N2O4S2/c1-28(16-15-27-23(29)9-5-2-6-20-14-17-33-34-20)19-12-10-18(11-13-19)26-25(31)24(30)21-7-3-4-8-22(21)32-26/h3-4,7-8,10-13,20,31H,2,5-6,9,14-17H2,1H3,(H,27,29). The van der Waals surface area contributed by atoms with E-state index in [2.05, 4.69) is 10.2 Å². The van der Waals surface area contributed by atoms with Crippen molar-refractivity contribution in [1.29, 1.82) is 0 Å². The number of nitrogens with zero attached hydrogens (tertiary/aromatic N) is 1. The van der Waals surface area contributed by atoms with Gasteiger partial charge in [0.1, 0.15) is 5.58 Å². The summed E-state index contributed by atoms with van der Waals surface area (Å²) in [6, 6.07) is 14.3. The average molecular weight is 499 g/mol. The Morgan fingerprint density at radius 1 is 1.18 bits per heavy atom. The summed E-state index contributed by atoms with van der Waals surface area (Å²) >= 11 is 0. The summed E-state index contributed by atoms with van der Waals surface area (Å²) in [6.07, 6.45) is 5.16. The van der Waals surface area contributed by atoms with Crippen molar-refractivity contribution in [3.63, 3.8) is 0 Å². The Kier molecular flexibility index (Phi) is 8.45. The minimum atomic E-state index is -0.440. The van der Waals surface area contributed by atoms with Gasteiger partial charge in [-0.1, -0.05) is 40.1 Å². The fourth-order valence-electron chi connectivity index (χ4n) is 4.00. The number of anilines is 1. The van der Waals surface area contributed by atoms with Gasteiger partial charge in [-0.25, -0.2) is 0 Å². The van der Waals surface area contributed by atoms with Gasteiger partial charge in [-0.2, -0.15) is 0 Å². The molecule has 2 aromatic carbocycles. The number of fused-ring (bicyclic) bond motifs is 1. The molecule has 34 heavy (non-hydrogen) atoms. The molecule has 180 valence electrons. The van der Waals surface area contributed by atoms with Crippen LogP contribution in [-0.2, 0) is 4.79 Å². The van der Waals surface area contributed by atoms with Gasteiger partial charge in [0.15, 0.2) is 5.76 Å². The summed E-state index contributed by atoms with van der Waals surface area (Å²) in [4.78, 5) is 26.6. The lowest BCUT2D eigenvalue weighted by molar-refractivity contribution is -0.121. The SMILES string of the molecule is CN(CCNC(=O)CCCCC1CCSS1)c1ccc(-c2oc3ccccc3c(=O)c2O)cc1. The Bertz CT molecular complexity index is 1170. The van der Waals surface area contributed by atoms with Crippen molar-refractivity contribution >= 4 is 44.2 Å². The van der Waals surface area contributed by atoms with Gasteiger partial charge in [0, 0.05) is 48.8 Å². The summed E-state index contributed by atoms with van der Waals surface area (Å²) < 4.78 is 5.81. The molecule has 0 aliphatic carbocycles. The number of hydrogen-bond acceptors (Lipinski definition) is 7. The van der Waals surface area contributed by atoms with Gasteiger partial charge in [0.05, 0.1) is 5.39 Å². The molecule has 1 saturated heterocycles. The highest BCUT2D eigenvalue weighted by atomic mass is 33.1. The summed E-state index contributed by atoms with van der Waals surface area (Å²) in [5.41, 5.74) is 1.59. The molecule has 2 N–H and O–H groups in total. The molecule has 1 aliphatic rings. The second-order valence-electron chi connectivity index (χ2n) is 8.50. The lowest BCUT2D eigenvalue weighted by Crippen LogP contribution is -2.32. The molecule has 0 radical (unpaired) electrons. The lowest BCUT2D eigenvalue weighted by atomic mass is 10.1. The molecule has 6 nitrogen and oxygen atoms in total. The Morgan fingerprint density at radius 2 is 1.97 bits per heavy atom. The Hall–Kier alpha value is -2.58. The van der Waals surface area contributed by atoms with Gasteiger partial charge in [0.25, 0.3) is 0 Å². The highest BCUT2D eigenvalue weighted by molar-refractivity contribution is 8.77. The quantitative estimate of drug-likeness (QED) is 0.285. The number of benzene rings is 2. The van der Waals surface area contributed by atoms with Crippen LogP contribution < -0.4 is 15.6 Å². The summed E-state index contributed by atoms with van der Waals surface area (Å²) in [5, 5.41) is 14.5. The summed E-state index contributed by atoms with van der Waals surface area (Å²) in [7, 11) is 5.92. The monoisotopic (exact) mass is 498 g/mol. The maximum Gasteiger partial charge on any atom is 0.235 e. The van der Waals surface area contributed by atoms with Crippen LogP contribution in [0.3, 0.4) is 0 Å². The van der Waals surface area contributed by atoms with Crippen molar-refractivity contribution in [3.05, 3.63) is 58.8 Å². The van der Waals surface area contributed by atoms with Crippen molar-refractivity contribution < 1.29 is 14.3 Å². The van der Waals surface area contributed by atoms with Crippen LogP contribution in [0.25, 0.3) is 22.3 Å². The Balaban J connectivity index is 1.26. The zero-order chi connectivity index (χ0) is 23.9. The van der Waals surface area contributed by atoms with Gasteiger partial charge in [-0.3, -0.25) is 9.59 Å². The number of carbonyl (C=O) groups excluding carboxylic acids is 1. The molecule has 0 saturated carbocycles. The number of aromatic hydroxyl groups is 1. The predicted octanol–water partition coefficient (Wildman–Crippen LogP) is 5.43. The molecule has 0 bridgehead atoms. The minimum Gasteiger partial charge on any atom is -0.502 e. The third-order valence-corrected chi connectivity index (χ3v) is 9.03. The van der Waals surface area contributed by atoms with Crippen LogP contribution >= 0.6 is 21.6 Å². The molecule has 1 unspecified atom stereocenters. The third kappa shape index (κ3) is 6.10. The van der Waals surface area contributed by atoms with Crippen LogP contribution in [0.2, 0.25) is 0 Å². The second kappa shape index (κ2) is 11.7. The van der Waals surface area contributed by atoms with Gasteiger partial charge in [0.2, 0.25) is 17.1 Å². The fraction of sp³-hybridized carbons (Fsp3) is 0.385. The van der Waals surface area contributed by atoms with Crippen LogP contribution in [0.4, 0.5) is 5.69 Å². The normalized spacial score (nSPS) is 15.5.